The number of nitrogens with zero attached hydrogens (tertiary/aromatic N) is 2. The van der Waals surface area contributed by atoms with Gasteiger partial charge in [-0.3, -0.25) is 14.5 Å². The number of fused-ring (bicyclic) bond motifs is 1. The summed E-state index contributed by atoms with van der Waals surface area (Å²) < 4.78 is 5.32. The Morgan fingerprint density at radius 3 is 2.72 bits per heavy atom. The number of amides is 2. The number of carbonyl (C=O) groups is 2. The third kappa shape index (κ3) is 3.70. The predicted molar refractivity (Wildman–Crippen MR) is 96.9 cm³/mol. The monoisotopic (exact) mass is 345 g/mol. The Bertz CT molecular complexity index is 666. The number of nitrogens with one attached hydrogen (secondary N) is 1. The molecule has 2 heterocycles. The highest BCUT2D eigenvalue weighted by molar-refractivity contribution is 6.07. The summed E-state index contributed by atoms with van der Waals surface area (Å²) in [5, 5.41) is 2.99. The standard InChI is InChI=1S/C19H27N3O3/c1-19(2)15-12-14(4-5-16(15)21(3)18(19)24)13-17(23)20-6-7-22-8-10-25-11-9-22/h4-5,12H,6-11,13H2,1-3H3,(H,20,23). The molecule has 1 fully saturated rings. The van der Waals surface area contributed by atoms with E-state index in [4.69, 9.17) is 4.74 Å². The lowest BCUT2D eigenvalue weighted by Crippen LogP contribution is -2.41. The minimum absolute atomic E-state index is 0.0173. The lowest BCUT2D eigenvalue weighted by molar-refractivity contribution is -0.122. The van der Waals surface area contributed by atoms with Crippen molar-refractivity contribution in [3.05, 3.63) is 29.3 Å². The fraction of sp³-hybridized carbons (Fsp3) is 0.579. The van der Waals surface area contributed by atoms with Gasteiger partial charge in [0, 0.05) is 38.9 Å². The van der Waals surface area contributed by atoms with Crippen LogP contribution in [-0.4, -0.2) is 63.2 Å². The fourth-order valence-corrected chi connectivity index (χ4v) is 3.56. The van der Waals surface area contributed by atoms with Crippen LogP contribution in [0.25, 0.3) is 0 Å². The highest BCUT2D eigenvalue weighted by Gasteiger charge is 2.42. The maximum Gasteiger partial charge on any atom is 0.236 e. The SMILES string of the molecule is CN1C(=O)C(C)(C)c2cc(CC(=O)NCCN3CCOCC3)ccc21. The van der Waals surface area contributed by atoms with E-state index >= 15 is 0 Å². The molecule has 1 aromatic carbocycles. The number of hydrogen-bond acceptors (Lipinski definition) is 4. The normalized spacial score (nSPS) is 19.8. The molecule has 1 saturated heterocycles. The van der Waals surface area contributed by atoms with E-state index in [9.17, 15) is 9.59 Å². The van der Waals surface area contributed by atoms with Crippen molar-refractivity contribution in [1.29, 1.82) is 0 Å². The molecule has 1 N–H and O–H groups in total. The molecule has 1 aromatic rings. The van der Waals surface area contributed by atoms with E-state index in [0.717, 1.165) is 49.7 Å². The average Bonchev–Trinajstić information content (AvgIpc) is 2.77. The number of hydrogen-bond donors (Lipinski definition) is 1. The quantitative estimate of drug-likeness (QED) is 0.862. The Kier molecular flexibility index (Phi) is 5.11. The van der Waals surface area contributed by atoms with Crippen LogP contribution in [0.1, 0.15) is 25.0 Å². The molecule has 6 heteroatoms. The maximum atomic E-state index is 12.3. The number of benzene rings is 1. The third-order valence-electron chi connectivity index (χ3n) is 5.15. The zero-order valence-corrected chi connectivity index (χ0v) is 15.3. The summed E-state index contributed by atoms with van der Waals surface area (Å²) in [6.07, 6.45) is 0.338. The smallest absolute Gasteiger partial charge is 0.236 e. The molecule has 0 bridgehead atoms. The van der Waals surface area contributed by atoms with E-state index in [-0.39, 0.29) is 11.8 Å². The van der Waals surface area contributed by atoms with E-state index in [2.05, 4.69) is 10.2 Å². The number of likely N-dealkylation sites (N-methyl/N-ethyl adjacent to an activating group) is 1. The minimum Gasteiger partial charge on any atom is -0.379 e. The van der Waals surface area contributed by atoms with Crippen molar-refractivity contribution < 1.29 is 14.3 Å². The van der Waals surface area contributed by atoms with Crippen LogP contribution in [0.5, 0.6) is 0 Å². The van der Waals surface area contributed by atoms with E-state index in [1.807, 2.05) is 32.0 Å². The fourth-order valence-electron chi connectivity index (χ4n) is 3.56. The summed E-state index contributed by atoms with van der Waals surface area (Å²) >= 11 is 0. The molecule has 3 rings (SSSR count). The lowest BCUT2D eigenvalue weighted by atomic mass is 9.85. The first-order chi connectivity index (χ1) is 11.9. The molecular weight excluding hydrogens is 318 g/mol. The second-order valence-corrected chi connectivity index (χ2v) is 7.32. The molecule has 2 amide bonds. The molecular formula is C19H27N3O3. The van der Waals surface area contributed by atoms with Gasteiger partial charge in [0.2, 0.25) is 11.8 Å². The van der Waals surface area contributed by atoms with Gasteiger partial charge < -0.3 is 15.0 Å². The van der Waals surface area contributed by atoms with Gasteiger partial charge in [-0.1, -0.05) is 12.1 Å². The van der Waals surface area contributed by atoms with Gasteiger partial charge in [-0.05, 0) is 31.0 Å². The van der Waals surface area contributed by atoms with E-state index in [0.29, 0.717) is 13.0 Å². The average molecular weight is 345 g/mol. The van der Waals surface area contributed by atoms with Crippen LogP contribution in [-0.2, 0) is 26.2 Å². The van der Waals surface area contributed by atoms with Crippen molar-refractivity contribution in [3.8, 4) is 0 Å². The third-order valence-corrected chi connectivity index (χ3v) is 5.15. The van der Waals surface area contributed by atoms with Gasteiger partial charge in [-0.2, -0.15) is 0 Å². The van der Waals surface area contributed by atoms with Crippen molar-refractivity contribution in [3.63, 3.8) is 0 Å². The van der Waals surface area contributed by atoms with Crippen LogP contribution in [0.4, 0.5) is 5.69 Å². The van der Waals surface area contributed by atoms with Crippen LogP contribution in [0.3, 0.4) is 0 Å². The Morgan fingerprint density at radius 1 is 1.28 bits per heavy atom. The molecule has 136 valence electrons. The Hall–Kier alpha value is -1.92. The van der Waals surface area contributed by atoms with E-state index in [1.54, 1.807) is 11.9 Å². The van der Waals surface area contributed by atoms with Crippen molar-refractivity contribution in [2.45, 2.75) is 25.7 Å². The van der Waals surface area contributed by atoms with Crippen molar-refractivity contribution in [2.24, 2.45) is 0 Å². The zero-order chi connectivity index (χ0) is 18.0. The Morgan fingerprint density at radius 2 is 2.00 bits per heavy atom. The number of rotatable bonds is 5. The first kappa shape index (κ1) is 17.9. The van der Waals surface area contributed by atoms with Gasteiger partial charge in [0.15, 0.2) is 0 Å². The molecule has 0 unspecified atom stereocenters. The van der Waals surface area contributed by atoms with Crippen LogP contribution in [0.15, 0.2) is 18.2 Å². The highest BCUT2D eigenvalue weighted by Crippen LogP contribution is 2.41. The zero-order valence-electron chi connectivity index (χ0n) is 15.3. The number of morpholine rings is 1. The van der Waals surface area contributed by atoms with Gasteiger partial charge in [0.05, 0.1) is 25.0 Å². The Labute approximate surface area is 149 Å². The van der Waals surface area contributed by atoms with Crippen LogP contribution in [0.2, 0.25) is 0 Å². The summed E-state index contributed by atoms with van der Waals surface area (Å²) in [6.45, 7) is 8.77. The molecule has 2 aliphatic heterocycles. The van der Waals surface area contributed by atoms with E-state index in [1.165, 1.54) is 0 Å². The maximum absolute atomic E-state index is 12.3. The first-order valence-corrected chi connectivity index (χ1v) is 8.88. The molecule has 25 heavy (non-hydrogen) atoms. The molecule has 0 radical (unpaired) electrons. The molecule has 0 saturated carbocycles. The summed E-state index contributed by atoms with van der Waals surface area (Å²) in [7, 11) is 1.80. The largest absolute Gasteiger partial charge is 0.379 e. The van der Waals surface area contributed by atoms with Crippen LogP contribution < -0.4 is 10.2 Å². The topological polar surface area (TPSA) is 61.9 Å². The molecule has 0 aromatic heterocycles. The van der Waals surface area contributed by atoms with Gasteiger partial charge >= 0.3 is 0 Å². The molecule has 0 aliphatic carbocycles. The second-order valence-electron chi connectivity index (χ2n) is 7.32. The van der Waals surface area contributed by atoms with Crippen molar-refractivity contribution in [1.82, 2.24) is 10.2 Å². The summed E-state index contributed by atoms with van der Waals surface area (Å²) in [4.78, 5) is 28.5. The van der Waals surface area contributed by atoms with Gasteiger partial charge in [-0.25, -0.2) is 0 Å². The van der Waals surface area contributed by atoms with Crippen molar-refractivity contribution >= 4 is 17.5 Å². The number of ether oxygens (including phenoxy) is 1. The first-order valence-electron chi connectivity index (χ1n) is 8.88. The molecule has 0 atom stereocenters. The summed E-state index contributed by atoms with van der Waals surface area (Å²) in [6, 6.07) is 5.88. The van der Waals surface area contributed by atoms with Crippen LogP contribution >= 0.6 is 0 Å². The van der Waals surface area contributed by atoms with Gasteiger partial charge in [0.1, 0.15) is 0 Å². The van der Waals surface area contributed by atoms with E-state index < -0.39 is 5.41 Å². The van der Waals surface area contributed by atoms with Gasteiger partial charge in [0.25, 0.3) is 0 Å². The molecule has 6 nitrogen and oxygen atoms in total. The molecule has 2 aliphatic rings. The number of anilines is 1. The highest BCUT2D eigenvalue weighted by atomic mass is 16.5. The minimum atomic E-state index is -0.535. The van der Waals surface area contributed by atoms with Crippen molar-refractivity contribution in [2.75, 3.05) is 51.3 Å². The second kappa shape index (κ2) is 7.14. The predicted octanol–water partition coefficient (Wildman–Crippen LogP) is 0.932. The Balaban J connectivity index is 1.56. The lowest BCUT2D eigenvalue weighted by Gasteiger charge is -2.26. The van der Waals surface area contributed by atoms with Crippen LogP contribution in [0, 0.1) is 0 Å². The van der Waals surface area contributed by atoms with Gasteiger partial charge in [-0.15, -0.1) is 0 Å². The summed E-state index contributed by atoms with van der Waals surface area (Å²) in [5.41, 5.74) is 2.34. The number of carbonyl (C=O) groups excluding carboxylic acids is 2. The summed E-state index contributed by atoms with van der Waals surface area (Å²) in [5.74, 6) is 0.110. The molecule has 0 spiro atoms.